The number of halogens is 1. The number of nitrogens with zero attached hydrogens (tertiary/aromatic N) is 2. The van der Waals surface area contributed by atoms with Crippen molar-refractivity contribution in [3.8, 4) is 0 Å². The van der Waals surface area contributed by atoms with E-state index in [1.165, 1.54) is 0 Å². The number of hydrogen-bond donors (Lipinski definition) is 0. The Hall–Kier alpha value is -0.500. The molecule has 9 heavy (non-hydrogen) atoms. The smallest absolute Gasteiger partial charge is 0.238 e. The summed E-state index contributed by atoms with van der Waals surface area (Å²) in [6.07, 6.45) is 3.89. The van der Waals surface area contributed by atoms with Gasteiger partial charge >= 0.3 is 0 Å². The Morgan fingerprint density at radius 3 is 2.67 bits per heavy atom. The van der Waals surface area contributed by atoms with Crippen molar-refractivity contribution in [3.63, 3.8) is 0 Å². The second kappa shape index (κ2) is 3.51. The zero-order valence-electron chi connectivity index (χ0n) is 5.55. The van der Waals surface area contributed by atoms with Crippen LogP contribution in [0.25, 0.3) is 0 Å². The van der Waals surface area contributed by atoms with E-state index in [-0.39, 0.29) is 12.4 Å². The highest BCUT2D eigenvalue weighted by atomic mass is 35.5. The third-order valence-corrected chi connectivity index (χ3v) is 1.29. The number of hydrogen-bond acceptors (Lipinski definition) is 1. The molecular formula is C6H11ClN2. The zero-order valence-corrected chi connectivity index (χ0v) is 6.30. The van der Waals surface area contributed by atoms with Gasteiger partial charge in [-0.15, -0.1) is 0 Å². The summed E-state index contributed by atoms with van der Waals surface area (Å²) in [5, 5.41) is 0. The fourth-order valence-electron chi connectivity index (χ4n) is 0.780. The predicted octanol–water partition coefficient (Wildman–Crippen LogP) is -2.88. The maximum absolute atomic E-state index is 3.65. The summed E-state index contributed by atoms with van der Waals surface area (Å²) in [7, 11) is 2.06. The third-order valence-electron chi connectivity index (χ3n) is 1.29. The zero-order chi connectivity index (χ0) is 5.98. The fraction of sp³-hybridized carbons (Fsp3) is 0.500. The highest BCUT2D eigenvalue weighted by Crippen LogP contribution is 1.89. The van der Waals surface area contributed by atoms with E-state index >= 15 is 0 Å². The lowest BCUT2D eigenvalue weighted by Crippen LogP contribution is -3.00. The van der Waals surface area contributed by atoms with Gasteiger partial charge in [0, 0.05) is 0 Å². The first-order valence-electron chi connectivity index (χ1n) is 2.76. The van der Waals surface area contributed by atoms with Gasteiger partial charge in [-0.3, -0.25) is 4.58 Å². The van der Waals surface area contributed by atoms with Crippen molar-refractivity contribution in [3.05, 3.63) is 12.8 Å². The van der Waals surface area contributed by atoms with Gasteiger partial charge in [0.15, 0.2) is 0 Å². The van der Waals surface area contributed by atoms with E-state index < -0.39 is 0 Å². The molecule has 0 radical (unpaired) electrons. The molecule has 0 saturated carbocycles. The molecule has 0 aliphatic carbocycles. The van der Waals surface area contributed by atoms with Crippen LogP contribution in [0, 0.1) is 0 Å². The molecule has 0 unspecified atom stereocenters. The van der Waals surface area contributed by atoms with Crippen LogP contribution in [0.15, 0.2) is 12.8 Å². The molecule has 1 aliphatic heterocycles. The Labute approximate surface area is 61.9 Å². The highest BCUT2D eigenvalue weighted by molar-refractivity contribution is 5.51. The van der Waals surface area contributed by atoms with Crippen LogP contribution in [-0.4, -0.2) is 36.0 Å². The molecule has 0 amide bonds. The molecule has 0 aromatic rings. The van der Waals surface area contributed by atoms with Crippen LogP contribution in [0.4, 0.5) is 0 Å². The predicted molar refractivity (Wildman–Crippen MR) is 34.0 cm³/mol. The topological polar surface area (TPSA) is 6.25 Å². The van der Waals surface area contributed by atoms with Crippen LogP contribution >= 0.6 is 0 Å². The van der Waals surface area contributed by atoms with Gasteiger partial charge in [0.25, 0.3) is 0 Å². The molecule has 1 heterocycles. The van der Waals surface area contributed by atoms with Crippen molar-refractivity contribution in [1.82, 2.24) is 4.90 Å². The lowest BCUT2D eigenvalue weighted by atomic mass is 10.6. The van der Waals surface area contributed by atoms with Crippen molar-refractivity contribution < 1.29 is 17.0 Å². The highest BCUT2D eigenvalue weighted by Gasteiger charge is 2.11. The molecular weight excluding hydrogens is 136 g/mol. The molecule has 0 fully saturated rings. The molecule has 0 aromatic heterocycles. The summed E-state index contributed by atoms with van der Waals surface area (Å²) in [5.74, 6) is 0. The number of rotatable bonds is 1. The molecule has 0 atom stereocenters. The van der Waals surface area contributed by atoms with E-state index in [0.717, 1.165) is 13.1 Å². The van der Waals surface area contributed by atoms with E-state index in [1.807, 2.05) is 12.5 Å². The molecule has 0 aromatic carbocycles. The minimum absolute atomic E-state index is 0. The summed E-state index contributed by atoms with van der Waals surface area (Å²) in [4.78, 5) is 2.07. The van der Waals surface area contributed by atoms with Crippen molar-refractivity contribution in [2.75, 3.05) is 20.1 Å². The Morgan fingerprint density at radius 2 is 2.44 bits per heavy atom. The monoisotopic (exact) mass is 146 g/mol. The molecule has 3 heteroatoms. The van der Waals surface area contributed by atoms with Gasteiger partial charge in [0.1, 0.15) is 13.1 Å². The molecule has 0 spiro atoms. The molecule has 0 saturated heterocycles. The normalized spacial score (nSPS) is 16.6. The van der Waals surface area contributed by atoms with Gasteiger partial charge in [-0.2, -0.15) is 0 Å². The van der Waals surface area contributed by atoms with Crippen LogP contribution in [0.5, 0.6) is 0 Å². The summed E-state index contributed by atoms with van der Waals surface area (Å²) in [5.41, 5.74) is 0. The number of likely N-dealkylation sites (N-methyl/N-ethyl adjacent to an activating group) is 1. The summed E-state index contributed by atoms with van der Waals surface area (Å²) in [6.45, 7) is 5.85. The lowest BCUT2D eigenvalue weighted by Gasteiger charge is -1.92. The second-order valence-corrected chi connectivity index (χ2v) is 2.02. The van der Waals surface area contributed by atoms with Crippen molar-refractivity contribution in [1.29, 1.82) is 0 Å². The molecule has 0 N–H and O–H groups in total. The van der Waals surface area contributed by atoms with Gasteiger partial charge in [-0.25, -0.2) is 4.90 Å². The molecule has 1 rings (SSSR count). The molecule has 1 aliphatic rings. The first-order valence-corrected chi connectivity index (χ1v) is 2.76. The van der Waals surface area contributed by atoms with Crippen LogP contribution in [0.3, 0.4) is 0 Å². The average Bonchev–Trinajstić information content (AvgIpc) is 2.14. The Morgan fingerprint density at radius 1 is 1.78 bits per heavy atom. The first kappa shape index (κ1) is 8.50. The van der Waals surface area contributed by atoms with Crippen LogP contribution in [-0.2, 0) is 0 Å². The van der Waals surface area contributed by atoms with E-state index in [2.05, 4.69) is 23.1 Å². The van der Waals surface area contributed by atoms with E-state index in [9.17, 15) is 0 Å². The molecule has 0 bridgehead atoms. The second-order valence-electron chi connectivity index (χ2n) is 2.02. The van der Waals surface area contributed by atoms with E-state index in [1.54, 1.807) is 0 Å². The maximum atomic E-state index is 3.65. The van der Waals surface area contributed by atoms with Crippen LogP contribution < -0.4 is 12.4 Å². The van der Waals surface area contributed by atoms with Gasteiger partial charge in [0.05, 0.1) is 13.2 Å². The van der Waals surface area contributed by atoms with E-state index in [4.69, 9.17) is 0 Å². The van der Waals surface area contributed by atoms with Gasteiger partial charge in [0.2, 0.25) is 6.34 Å². The molecule has 52 valence electrons. The first-order chi connectivity index (χ1) is 3.83. The summed E-state index contributed by atoms with van der Waals surface area (Å²) < 4.78 is 2.14. The van der Waals surface area contributed by atoms with Gasteiger partial charge in [-0.05, 0) is 0 Å². The summed E-state index contributed by atoms with van der Waals surface area (Å²) in [6, 6.07) is 0. The van der Waals surface area contributed by atoms with E-state index in [0.29, 0.717) is 0 Å². The minimum atomic E-state index is 0. The van der Waals surface area contributed by atoms with Gasteiger partial charge < -0.3 is 12.4 Å². The average molecular weight is 147 g/mol. The quantitative estimate of drug-likeness (QED) is 0.361. The fourth-order valence-corrected chi connectivity index (χ4v) is 0.780. The summed E-state index contributed by atoms with van der Waals surface area (Å²) >= 11 is 0. The van der Waals surface area contributed by atoms with Crippen molar-refractivity contribution in [2.24, 2.45) is 0 Å². The van der Waals surface area contributed by atoms with Crippen LogP contribution in [0.2, 0.25) is 0 Å². The minimum Gasteiger partial charge on any atom is -1.00 e. The van der Waals surface area contributed by atoms with Crippen molar-refractivity contribution in [2.45, 2.75) is 0 Å². The molecule has 2 nitrogen and oxygen atoms in total. The lowest BCUT2D eigenvalue weighted by molar-refractivity contribution is -0.482. The Balaban J connectivity index is 0.000000640. The standard InChI is InChI=1S/C6H11N2.ClH/c1-3-8-5-4-7(2)6-8;/h3,6H,1,4-5H2,2H3;1H/q+1;/p-1. The Bertz CT molecular complexity index is 131. The largest absolute Gasteiger partial charge is 1.00 e. The van der Waals surface area contributed by atoms with Crippen LogP contribution in [0.1, 0.15) is 0 Å². The van der Waals surface area contributed by atoms with Gasteiger partial charge in [-0.1, -0.05) is 6.58 Å². The third kappa shape index (κ3) is 2.06. The SMILES string of the molecule is C=CN1C=[N+](C)CC1.[Cl-]. The maximum Gasteiger partial charge on any atom is 0.238 e. The Kier molecular flexibility index (Phi) is 3.32. The van der Waals surface area contributed by atoms with Crippen molar-refractivity contribution >= 4 is 6.34 Å².